The third-order valence-corrected chi connectivity index (χ3v) is 5.22. The second-order valence-electron chi connectivity index (χ2n) is 7.74. The van der Waals surface area contributed by atoms with E-state index >= 15 is 0 Å². The van der Waals surface area contributed by atoms with Gasteiger partial charge in [0.2, 0.25) is 5.75 Å². The molecule has 0 radical (unpaired) electrons. The summed E-state index contributed by atoms with van der Waals surface area (Å²) >= 11 is 0. The summed E-state index contributed by atoms with van der Waals surface area (Å²) < 4.78 is 16.5. The first-order valence-corrected chi connectivity index (χ1v) is 8.93. The van der Waals surface area contributed by atoms with E-state index < -0.39 is 0 Å². The smallest absolute Gasteiger partial charge is 0.203 e. The van der Waals surface area contributed by atoms with Gasteiger partial charge in [0.05, 0.1) is 21.3 Å². The number of benzene rings is 1. The minimum Gasteiger partial charge on any atom is -0.493 e. The number of ether oxygens (including phenoxy) is 3. The molecular formula is C20H34ClNO3. The van der Waals surface area contributed by atoms with Crippen LogP contribution in [-0.2, 0) is 6.54 Å². The number of halogens is 1. The van der Waals surface area contributed by atoms with Crippen molar-refractivity contribution in [2.45, 2.75) is 59.0 Å². The molecular weight excluding hydrogens is 338 g/mol. The minimum atomic E-state index is 0. The molecule has 1 aliphatic rings. The van der Waals surface area contributed by atoms with Crippen LogP contribution in [0.1, 0.15) is 52.0 Å². The van der Waals surface area contributed by atoms with Gasteiger partial charge in [-0.1, -0.05) is 39.7 Å². The van der Waals surface area contributed by atoms with E-state index in [4.69, 9.17) is 14.2 Å². The molecule has 0 bridgehead atoms. The fourth-order valence-corrected chi connectivity index (χ4v) is 3.96. The average molecular weight is 372 g/mol. The molecule has 0 aromatic heterocycles. The quantitative estimate of drug-likeness (QED) is 0.777. The van der Waals surface area contributed by atoms with Crippen LogP contribution in [-0.4, -0.2) is 27.4 Å². The van der Waals surface area contributed by atoms with Crippen molar-refractivity contribution in [3.8, 4) is 17.2 Å². The van der Waals surface area contributed by atoms with Crippen LogP contribution in [0.15, 0.2) is 12.1 Å². The Labute approximate surface area is 159 Å². The summed E-state index contributed by atoms with van der Waals surface area (Å²) in [6, 6.07) is 4.55. The van der Waals surface area contributed by atoms with E-state index in [2.05, 4.69) is 32.2 Å². The molecule has 0 saturated heterocycles. The zero-order valence-electron chi connectivity index (χ0n) is 16.5. The van der Waals surface area contributed by atoms with Crippen LogP contribution >= 0.6 is 12.4 Å². The lowest BCUT2D eigenvalue weighted by Crippen LogP contribution is -2.43. The van der Waals surface area contributed by atoms with Crippen LogP contribution < -0.4 is 19.5 Å². The number of hydrogen-bond acceptors (Lipinski definition) is 4. The molecule has 0 amide bonds. The fourth-order valence-electron chi connectivity index (χ4n) is 3.96. The lowest BCUT2D eigenvalue weighted by Gasteiger charge is -2.41. The van der Waals surface area contributed by atoms with Crippen LogP contribution in [0.4, 0.5) is 0 Å². The maximum absolute atomic E-state index is 5.60. The van der Waals surface area contributed by atoms with Gasteiger partial charge in [0.15, 0.2) is 11.5 Å². The van der Waals surface area contributed by atoms with Crippen molar-refractivity contribution in [3.05, 3.63) is 17.7 Å². The second kappa shape index (κ2) is 9.54. The molecule has 144 valence electrons. The van der Waals surface area contributed by atoms with Crippen LogP contribution in [0.2, 0.25) is 0 Å². The standard InChI is InChI=1S/C20H33NO3.ClH/c1-20(2,3)15-9-7-8-10-16(15)21-13-14-11-12-17(22-4)19(24-6)18(14)23-5;/h11-12,15-16,21H,7-10,13H2,1-6H3;1H. The van der Waals surface area contributed by atoms with Gasteiger partial charge >= 0.3 is 0 Å². The number of hydrogen-bond donors (Lipinski definition) is 1. The third kappa shape index (κ3) is 5.18. The molecule has 4 nitrogen and oxygen atoms in total. The first kappa shape index (κ1) is 21.9. The van der Waals surface area contributed by atoms with E-state index in [1.54, 1.807) is 21.3 Å². The fraction of sp³-hybridized carbons (Fsp3) is 0.700. The van der Waals surface area contributed by atoms with Gasteiger partial charge in [-0.3, -0.25) is 0 Å². The minimum absolute atomic E-state index is 0. The predicted molar refractivity (Wildman–Crippen MR) is 105 cm³/mol. The molecule has 0 spiro atoms. The van der Waals surface area contributed by atoms with Crippen molar-refractivity contribution in [2.24, 2.45) is 11.3 Å². The summed E-state index contributed by atoms with van der Waals surface area (Å²) in [6.45, 7) is 7.85. The molecule has 1 aliphatic carbocycles. The Balaban J connectivity index is 0.00000312. The maximum atomic E-state index is 5.60. The molecule has 2 rings (SSSR count). The highest BCUT2D eigenvalue weighted by Gasteiger charge is 2.33. The van der Waals surface area contributed by atoms with Crippen molar-refractivity contribution in [2.75, 3.05) is 21.3 Å². The van der Waals surface area contributed by atoms with Crippen molar-refractivity contribution in [3.63, 3.8) is 0 Å². The Hall–Kier alpha value is -1.13. The van der Waals surface area contributed by atoms with E-state index in [9.17, 15) is 0 Å². The van der Waals surface area contributed by atoms with E-state index in [-0.39, 0.29) is 12.4 Å². The normalized spacial score (nSPS) is 20.6. The first-order chi connectivity index (χ1) is 11.4. The summed E-state index contributed by atoms with van der Waals surface area (Å²) in [6.07, 6.45) is 5.22. The maximum Gasteiger partial charge on any atom is 0.203 e. The summed E-state index contributed by atoms with van der Waals surface area (Å²) in [5, 5.41) is 3.78. The van der Waals surface area contributed by atoms with Crippen molar-refractivity contribution in [1.29, 1.82) is 0 Å². The lowest BCUT2D eigenvalue weighted by atomic mass is 9.69. The van der Waals surface area contributed by atoms with Gasteiger partial charge in [0.25, 0.3) is 0 Å². The molecule has 1 fully saturated rings. The monoisotopic (exact) mass is 371 g/mol. The molecule has 0 heterocycles. The van der Waals surface area contributed by atoms with Gasteiger partial charge in [-0.2, -0.15) is 0 Å². The molecule has 0 aliphatic heterocycles. The SMILES string of the molecule is COc1ccc(CNC2CCCCC2C(C)(C)C)c(OC)c1OC.Cl. The largest absolute Gasteiger partial charge is 0.493 e. The highest BCUT2D eigenvalue weighted by molar-refractivity contribution is 5.85. The zero-order chi connectivity index (χ0) is 17.7. The second-order valence-corrected chi connectivity index (χ2v) is 7.74. The van der Waals surface area contributed by atoms with Crippen molar-refractivity contribution >= 4 is 12.4 Å². The topological polar surface area (TPSA) is 39.7 Å². The Morgan fingerprint density at radius 3 is 2.16 bits per heavy atom. The molecule has 1 aromatic carbocycles. The molecule has 1 aromatic rings. The van der Waals surface area contributed by atoms with Crippen LogP contribution in [0.25, 0.3) is 0 Å². The molecule has 2 unspecified atom stereocenters. The Bertz CT molecular complexity index is 542. The summed E-state index contributed by atoms with van der Waals surface area (Å²) in [4.78, 5) is 0. The zero-order valence-corrected chi connectivity index (χ0v) is 17.3. The van der Waals surface area contributed by atoms with Crippen molar-refractivity contribution < 1.29 is 14.2 Å². The van der Waals surface area contributed by atoms with E-state index in [1.807, 2.05) is 6.07 Å². The Morgan fingerprint density at radius 1 is 0.960 bits per heavy atom. The van der Waals surface area contributed by atoms with Crippen LogP contribution in [0.5, 0.6) is 17.2 Å². The highest BCUT2D eigenvalue weighted by atomic mass is 35.5. The van der Waals surface area contributed by atoms with Gasteiger partial charge < -0.3 is 19.5 Å². The molecule has 25 heavy (non-hydrogen) atoms. The number of methoxy groups -OCH3 is 3. The van der Waals surface area contributed by atoms with Gasteiger partial charge in [-0.15, -0.1) is 12.4 Å². The average Bonchev–Trinajstić information content (AvgIpc) is 2.58. The van der Waals surface area contributed by atoms with E-state index in [0.29, 0.717) is 28.9 Å². The molecule has 1 saturated carbocycles. The van der Waals surface area contributed by atoms with Gasteiger partial charge in [0, 0.05) is 18.2 Å². The van der Waals surface area contributed by atoms with Crippen molar-refractivity contribution in [1.82, 2.24) is 5.32 Å². The van der Waals surface area contributed by atoms with Crippen LogP contribution in [0.3, 0.4) is 0 Å². The van der Waals surface area contributed by atoms with E-state index in [0.717, 1.165) is 17.9 Å². The Morgan fingerprint density at radius 2 is 1.60 bits per heavy atom. The number of rotatable bonds is 6. The summed E-state index contributed by atoms with van der Waals surface area (Å²) in [5.41, 5.74) is 1.44. The van der Waals surface area contributed by atoms with Gasteiger partial charge in [-0.05, 0) is 30.2 Å². The molecule has 5 heteroatoms. The summed E-state index contributed by atoms with van der Waals surface area (Å²) in [5.74, 6) is 2.82. The third-order valence-electron chi connectivity index (χ3n) is 5.22. The molecule has 2 atom stereocenters. The lowest BCUT2D eigenvalue weighted by molar-refractivity contribution is 0.130. The number of nitrogens with one attached hydrogen (secondary N) is 1. The van der Waals surface area contributed by atoms with E-state index in [1.165, 1.54) is 25.7 Å². The van der Waals surface area contributed by atoms with Gasteiger partial charge in [0.1, 0.15) is 0 Å². The molecule has 1 N–H and O–H groups in total. The van der Waals surface area contributed by atoms with Gasteiger partial charge in [-0.25, -0.2) is 0 Å². The van der Waals surface area contributed by atoms with Crippen LogP contribution in [0, 0.1) is 11.3 Å². The highest BCUT2D eigenvalue weighted by Crippen LogP contribution is 2.41. The first-order valence-electron chi connectivity index (χ1n) is 8.93. The summed E-state index contributed by atoms with van der Waals surface area (Å²) in [7, 11) is 4.97. The predicted octanol–water partition coefficient (Wildman–Crippen LogP) is 4.83. The Kier molecular flexibility index (Phi) is 8.36.